The topological polar surface area (TPSA) is 24.9 Å². The molecule has 2 atom stereocenters. The highest BCUT2D eigenvalue weighted by Crippen LogP contribution is 2.38. The average Bonchev–Trinajstić information content (AvgIpc) is 2.61. The van der Waals surface area contributed by atoms with Gasteiger partial charge in [0.15, 0.2) is 0 Å². The van der Waals surface area contributed by atoms with Crippen LogP contribution >= 0.6 is 11.3 Å². The van der Waals surface area contributed by atoms with Gasteiger partial charge in [0.2, 0.25) is 0 Å². The Morgan fingerprint density at radius 1 is 1.44 bits per heavy atom. The zero-order valence-corrected chi connectivity index (χ0v) is 12.9. The third-order valence-corrected chi connectivity index (χ3v) is 4.69. The van der Waals surface area contributed by atoms with Gasteiger partial charge in [0, 0.05) is 24.4 Å². The van der Waals surface area contributed by atoms with E-state index in [9.17, 15) is 0 Å². The average molecular weight is 266 g/mol. The van der Waals surface area contributed by atoms with E-state index >= 15 is 0 Å². The van der Waals surface area contributed by atoms with E-state index in [4.69, 9.17) is 0 Å². The van der Waals surface area contributed by atoms with E-state index < -0.39 is 0 Å². The molecule has 1 aromatic rings. The molecule has 1 heterocycles. The van der Waals surface area contributed by atoms with Crippen LogP contribution in [0.15, 0.2) is 5.38 Å². The largest absolute Gasteiger partial charge is 0.314 e. The summed E-state index contributed by atoms with van der Waals surface area (Å²) in [4.78, 5) is 4.52. The van der Waals surface area contributed by atoms with Gasteiger partial charge in [-0.15, -0.1) is 11.3 Å². The molecule has 0 aromatic carbocycles. The third-order valence-electron chi connectivity index (χ3n) is 3.87. The number of rotatable bonds is 4. The van der Waals surface area contributed by atoms with Crippen molar-refractivity contribution in [3.8, 4) is 0 Å². The molecule has 0 amide bonds. The van der Waals surface area contributed by atoms with Crippen molar-refractivity contribution in [2.45, 2.75) is 59.4 Å². The minimum Gasteiger partial charge on any atom is -0.314 e. The van der Waals surface area contributed by atoms with Gasteiger partial charge >= 0.3 is 0 Å². The van der Waals surface area contributed by atoms with Gasteiger partial charge in [0.1, 0.15) is 0 Å². The molecule has 2 unspecified atom stereocenters. The second-order valence-corrected chi connectivity index (χ2v) is 7.73. The van der Waals surface area contributed by atoms with Gasteiger partial charge in [0.05, 0.1) is 10.7 Å². The number of hydrogen-bond acceptors (Lipinski definition) is 3. The molecule has 0 spiro atoms. The maximum absolute atomic E-state index is 4.52. The fourth-order valence-corrected chi connectivity index (χ4v) is 4.08. The van der Waals surface area contributed by atoms with Crippen molar-refractivity contribution in [3.05, 3.63) is 16.1 Å². The van der Waals surface area contributed by atoms with Crippen molar-refractivity contribution in [3.63, 3.8) is 0 Å². The molecule has 0 radical (unpaired) electrons. The standard InChI is InChI=1S/C15H26N2S/c1-11-7-14(9-15(3,4)8-11)16-6-5-13-10-18-12(2)17-13/h10-11,14,16H,5-9H2,1-4H3. The molecular weight excluding hydrogens is 240 g/mol. The lowest BCUT2D eigenvalue weighted by Crippen LogP contribution is -2.40. The van der Waals surface area contributed by atoms with Crippen LogP contribution in [0.25, 0.3) is 0 Å². The molecule has 0 bridgehead atoms. The highest BCUT2D eigenvalue weighted by molar-refractivity contribution is 7.09. The van der Waals surface area contributed by atoms with Crippen LogP contribution in [-0.4, -0.2) is 17.6 Å². The predicted octanol–water partition coefficient (Wildman–Crippen LogP) is 3.80. The minimum atomic E-state index is 0.507. The monoisotopic (exact) mass is 266 g/mol. The minimum absolute atomic E-state index is 0.507. The Morgan fingerprint density at radius 2 is 2.22 bits per heavy atom. The van der Waals surface area contributed by atoms with Crippen LogP contribution in [0.4, 0.5) is 0 Å². The van der Waals surface area contributed by atoms with Gasteiger partial charge in [-0.3, -0.25) is 0 Å². The summed E-state index contributed by atoms with van der Waals surface area (Å²) >= 11 is 1.75. The van der Waals surface area contributed by atoms with Crippen LogP contribution in [0.5, 0.6) is 0 Å². The number of thiazole rings is 1. The van der Waals surface area contributed by atoms with Crippen LogP contribution in [-0.2, 0) is 6.42 Å². The quantitative estimate of drug-likeness (QED) is 0.896. The summed E-state index contributed by atoms with van der Waals surface area (Å²) in [5.41, 5.74) is 1.75. The molecule has 3 heteroatoms. The lowest BCUT2D eigenvalue weighted by Gasteiger charge is -2.39. The van der Waals surface area contributed by atoms with Crippen molar-refractivity contribution < 1.29 is 0 Å². The van der Waals surface area contributed by atoms with Crippen molar-refractivity contribution in [2.75, 3.05) is 6.54 Å². The van der Waals surface area contributed by atoms with E-state index in [0.717, 1.165) is 18.9 Å². The van der Waals surface area contributed by atoms with Crippen molar-refractivity contribution in [2.24, 2.45) is 11.3 Å². The van der Waals surface area contributed by atoms with Crippen LogP contribution in [0.2, 0.25) is 0 Å². The zero-order chi connectivity index (χ0) is 13.2. The first-order chi connectivity index (χ1) is 8.44. The Bertz CT molecular complexity index is 384. The molecule has 2 rings (SSSR count). The van der Waals surface area contributed by atoms with Crippen LogP contribution in [0.3, 0.4) is 0 Å². The lowest BCUT2D eigenvalue weighted by molar-refractivity contribution is 0.152. The highest BCUT2D eigenvalue weighted by Gasteiger charge is 2.31. The van der Waals surface area contributed by atoms with Crippen molar-refractivity contribution in [1.29, 1.82) is 0 Å². The summed E-state index contributed by atoms with van der Waals surface area (Å²) in [5, 5.41) is 7.09. The first-order valence-electron chi connectivity index (χ1n) is 7.09. The predicted molar refractivity (Wildman–Crippen MR) is 79.1 cm³/mol. The molecule has 102 valence electrons. The molecule has 2 nitrogen and oxygen atoms in total. The molecule has 1 aliphatic carbocycles. The Kier molecular flexibility index (Phi) is 4.44. The van der Waals surface area contributed by atoms with Gasteiger partial charge in [-0.25, -0.2) is 4.98 Å². The summed E-state index contributed by atoms with van der Waals surface area (Å²) in [7, 11) is 0. The van der Waals surface area contributed by atoms with E-state index in [1.54, 1.807) is 11.3 Å². The Morgan fingerprint density at radius 3 is 2.83 bits per heavy atom. The fourth-order valence-electron chi connectivity index (χ4n) is 3.43. The number of nitrogens with zero attached hydrogens (tertiary/aromatic N) is 1. The van der Waals surface area contributed by atoms with E-state index in [1.807, 2.05) is 0 Å². The summed E-state index contributed by atoms with van der Waals surface area (Å²) < 4.78 is 0. The Labute approximate surface area is 115 Å². The molecule has 1 N–H and O–H groups in total. The lowest BCUT2D eigenvalue weighted by atomic mass is 9.70. The molecule has 1 aliphatic rings. The normalized spacial score (nSPS) is 27.3. The first kappa shape index (κ1) is 14.0. The summed E-state index contributed by atoms with van der Waals surface area (Å²) in [5.74, 6) is 0.854. The van der Waals surface area contributed by atoms with Crippen molar-refractivity contribution in [1.82, 2.24) is 10.3 Å². The Hall–Kier alpha value is -0.410. The fraction of sp³-hybridized carbons (Fsp3) is 0.800. The molecule has 1 fully saturated rings. The van der Waals surface area contributed by atoms with E-state index in [1.165, 1.54) is 30.0 Å². The number of aromatic nitrogens is 1. The number of nitrogens with one attached hydrogen (secondary N) is 1. The van der Waals surface area contributed by atoms with E-state index in [2.05, 4.69) is 43.4 Å². The van der Waals surface area contributed by atoms with Crippen molar-refractivity contribution >= 4 is 11.3 Å². The summed E-state index contributed by atoms with van der Waals surface area (Å²) in [6, 6.07) is 0.698. The zero-order valence-electron chi connectivity index (χ0n) is 12.1. The maximum atomic E-state index is 4.52. The smallest absolute Gasteiger partial charge is 0.0897 e. The maximum Gasteiger partial charge on any atom is 0.0897 e. The molecule has 0 aliphatic heterocycles. The van der Waals surface area contributed by atoms with Gasteiger partial charge in [-0.2, -0.15) is 0 Å². The molecule has 1 aromatic heterocycles. The van der Waals surface area contributed by atoms with E-state index in [-0.39, 0.29) is 0 Å². The number of hydrogen-bond donors (Lipinski definition) is 1. The van der Waals surface area contributed by atoms with E-state index in [0.29, 0.717) is 11.5 Å². The van der Waals surface area contributed by atoms with Crippen LogP contribution in [0, 0.1) is 18.3 Å². The highest BCUT2D eigenvalue weighted by atomic mass is 32.1. The first-order valence-corrected chi connectivity index (χ1v) is 7.97. The molecule has 1 saturated carbocycles. The molecule has 0 saturated heterocycles. The second kappa shape index (κ2) is 5.70. The third kappa shape index (κ3) is 4.06. The second-order valence-electron chi connectivity index (χ2n) is 6.67. The number of aryl methyl sites for hydroxylation is 1. The summed E-state index contributed by atoms with van der Waals surface area (Å²) in [6.45, 7) is 10.3. The molecular formula is C15H26N2S. The van der Waals surface area contributed by atoms with Gasteiger partial charge in [-0.05, 0) is 37.5 Å². The van der Waals surface area contributed by atoms with Gasteiger partial charge in [-0.1, -0.05) is 20.8 Å². The van der Waals surface area contributed by atoms with Crippen LogP contribution in [0.1, 0.15) is 50.7 Å². The van der Waals surface area contributed by atoms with Crippen LogP contribution < -0.4 is 5.32 Å². The Balaban J connectivity index is 1.76. The summed E-state index contributed by atoms with van der Waals surface area (Å²) in [6.07, 6.45) is 5.08. The van der Waals surface area contributed by atoms with Gasteiger partial charge in [0.25, 0.3) is 0 Å². The molecule has 18 heavy (non-hydrogen) atoms. The van der Waals surface area contributed by atoms with Gasteiger partial charge < -0.3 is 5.32 Å². The SMILES string of the molecule is Cc1nc(CCNC2CC(C)CC(C)(C)C2)cs1.